The molecule has 0 aromatic carbocycles. The van der Waals surface area contributed by atoms with Gasteiger partial charge in [-0.1, -0.05) is 6.42 Å². The van der Waals surface area contributed by atoms with E-state index in [2.05, 4.69) is 18.5 Å². The van der Waals surface area contributed by atoms with E-state index in [1.165, 1.54) is 19.4 Å². The summed E-state index contributed by atoms with van der Waals surface area (Å²) in [7, 11) is 2.12. The average molecular weight is 123 g/mol. The van der Waals surface area contributed by atoms with Gasteiger partial charge in [-0.2, -0.15) is 6.42 Å². The quantitative estimate of drug-likeness (QED) is 0.263. The molecule has 0 spiro atoms. The van der Waals surface area contributed by atoms with Gasteiger partial charge in [-0.3, -0.25) is 6.54 Å². The predicted molar refractivity (Wildman–Crippen MR) is 26.2 cm³/mol. The summed E-state index contributed by atoms with van der Waals surface area (Å²) in [5.74, 6) is 0. The zero-order valence-corrected chi connectivity index (χ0v) is 8.27. The van der Waals surface area contributed by atoms with Crippen LogP contribution in [-0.2, 0) is 0 Å². The molecule has 1 nitrogen and oxygen atoms in total. The van der Waals surface area contributed by atoms with E-state index < -0.39 is 0 Å². The Kier molecular flexibility index (Phi) is 5.49. The summed E-state index contributed by atoms with van der Waals surface area (Å²) < 4.78 is 0. The second-order valence-corrected chi connectivity index (χ2v) is 1.81. The molecule has 1 aliphatic rings. The summed E-state index contributed by atoms with van der Waals surface area (Å²) in [5.41, 5.74) is 0. The first kappa shape index (κ1) is 8.60. The van der Waals surface area contributed by atoms with Crippen molar-refractivity contribution in [2.75, 3.05) is 13.6 Å². The van der Waals surface area contributed by atoms with Gasteiger partial charge in [0.15, 0.2) is 0 Å². The molecule has 2 heteroatoms. The normalized spacial score (nSPS) is 21.9. The molecule has 0 unspecified atom stereocenters. The van der Waals surface area contributed by atoms with E-state index in [9.17, 15) is 0 Å². The van der Waals surface area contributed by atoms with Crippen molar-refractivity contribution in [1.82, 2.24) is 4.90 Å². The minimum atomic E-state index is 0. The van der Waals surface area contributed by atoms with Crippen LogP contribution in [0.5, 0.6) is 0 Å². The first-order chi connectivity index (χ1) is 2.89. The smallest absolute Gasteiger partial charge is 0.459 e. The van der Waals surface area contributed by atoms with Gasteiger partial charge < -0.3 is 4.90 Å². The SMILES string of the molecule is CN1[CH-]CCC1.[K+]. The van der Waals surface area contributed by atoms with Crippen LogP contribution >= 0.6 is 0 Å². The Balaban J connectivity index is 0.000000360. The fourth-order valence-electron chi connectivity index (χ4n) is 0.744. The van der Waals surface area contributed by atoms with Gasteiger partial charge in [-0.15, -0.1) is 0 Å². The predicted octanol–water partition coefficient (Wildman–Crippen LogP) is -2.12. The first-order valence-electron chi connectivity index (χ1n) is 2.43. The number of likely N-dealkylation sites (tertiary alicyclic amines) is 1. The molecule has 0 N–H and O–H groups in total. The van der Waals surface area contributed by atoms with Crippen LogP contribution in [0.3, 0.4) is 0 Å². The third-order valence-electron chi connectivity index (χ3n) is 1.16. The summed E-state index contributed by atoms with van der Waals surface area (Å²) in [6, 6.07) is 0. The van der Waals surface area contributed by atoms with Crippen LogP contribution in [0.2, 0.25) is 0 Å². The molecule has 0 atom stereocenters. The van der Waals surface area contributed by atoms with Crippen LogP contribution in [-0.4, -0.2) is 18.5 Å². The summed E-state index contributed by atoms with van der Waals surface area (Å²) in [6.45, 7) is 3.50. The van der Waals surface area contributed by atoms with Gasteiger partial charge in [0, 0.05) is 0 Å². The maximum Gasteiger partial charge on any atom is 1.00 e. The topological polar surface area (TPSA) is 3.24 Å². The molecule has 1 rings (SSSR count). The van der Waals surface area contributed by atoms with Crippen LogP contribution in [0.4, 0.5) is 0 Å². The largest absolute Gasteiger partial charge is 1.00 e. The van der Waals surface area contributed by atoms with E-state index >= 15 is 0 Å². The second-order valence-electron chi connectivity index (χ2n) is 1.81. The number of nitrogens with zero attached hydrogens (tertiary/aromatic N) is 1. The molecule has 1 fully saturated rings. The molecule has 7 heavy (non-hydrogen) atoms. The molecule has 1 saturated heterocycles. The van der Waals surface area contributed by atoms with Gasteiger partial charge in [-0.05, 0) is 13.6 Å². The number of hydrogen-bond acceptors (Lipinski definition) is 1. The van der Waals surface area contributed by atoms with Crippen LogP contribution < -0.4 is 51.4 Å². The summed E-state index contributed by atoms with van der Waals surface area (Å²) >= 11 is 0. The van der Waals surface area contributed by atoms with Gasteiger partial charge in [0.1, 0.15) is 0 Å². The van der Waals surface area contributed by atoms with Gasteiger partial charge >= 0.3 is 51.4 Å². The van der Waals surface area contributed by atoms with E-state index in [4.69, 9.17) is 0 Å². The zero-order valence-electron chi connectivity index (χ0n) is 5.15. The maximum atomic E-state index is 2.24. The van der Waals surface area contributed by atoms with Crippen molar-refractivity contribution >= 4 is 0 Å². The Bertz CT molecular complexity index is 41.3. The first-order valence-corrected chi connectivity index (χ1v) is 2.43. The molecule has 0 aliphatic carbocycles. The van der Waals surface area contributed by atoms with Gasteiger partial charge in [0.05, 0.1) is 0 Å². The third-order valence-corrected chi connectivity index (χ3v) is 1.16. The van der Waals surface area contributed by atoms with Gasteiger partial charge in [0.25, 0.3) is 0 Å². The fraction of sp³-hybridized carbons (Fsp3) is 0.800. The minimum Gasteiger partial charge on any atom is -0.459 e. The molecule has 0 radical (unpaired) electrons. The van der Waals surface area contributed by atoms with Crippen LogP contribution in [0, 0.1) is 6.54 Å². The van der Waals surface area contributed by atoms with Gasteiger partial charge in [-0.25, -0.2) is 0 Å². The van der Waals surface area contributed by atoms with Crippen LogP contribution in [0.25, 0.3) is 0 Å². The molecular formula is C5H10KN. The van der Waals surface area contributed by atoms with Crippen molar-refractivity contribution in [2.45, 2.75) is 12.8 Å². The van der Waals surface area contributed by atoms with E-state index in [0.717, 1.165) is 0 Å². The second kappa shape index (κ2) is 4.47. The average Bonchev–Trinajstić information content (AvgIpc) is 1.86. The molecule has 1 heterocycles. The minimum absolute atomic E-state index is 0. The van der Waals surface area contributed by atoms with E-state index in [-0.39, 0.29) is 51.4 Å². The van der Waals surface area contributed by atoms with E-state index in [1.807, 2.05) is 0 Å². The number of rotatable bonds is 0. The van der Waals surface area contributed by atoms with Crippen LogP contribution in [0.1, 0.15) is 12.8 Å². The molecular weight excluding hydrogens is 113 g/mol. The molecule has 0 saturated carbocycles. The zero-order chi connectivity index (χ0) is 4.41. The molecule has 36 valence electrons. The van der Waals surface area contributed by atoms with Crippen molar-refractivity contribution in [3.05, 3.63) is 6.54 Å². The van der Waals surface area contributed by atoms with Crippen molar-refractivity contribution < 1.29 is 51.4 Å². The third kappa shape index (κ3) is 3.22. The Morgan fingerprint density at radius 1 is 1.57 bits per heavy atom. The molecule has 0 aromatic heterocycles. The summed E-state index contributed by atoms with van der Waals surface area (Å²) in [6.07, 6.45) is 2.65. The molecule has 0 amide bonds. The van der Waals surface area contributed by atoms with Crippen LogP contribution in [0.15, 0.2) is 0 Å². The molecule has 1 aliphatic heterocycles. The summed E-state index contributed by atoms with van der Waals surface area (Å²) in [4.78, 5) is 2.24. The standard InChI is InChI=1S/C5H10N.K/c1-6-4-2-3-5-6;/h4H,2-3,5H2,1H3;/q-1;+1. The van der Waals surface area contributed by atoms with Crippen molar-refractivity contribution in [2.24, 2.45) is 0 Å². The van der Waals surface area contributed by atoms with Crippen molar-refractivity contribution in [3.63, 3.8) is 0 Å². The maximum absolute atomic E-state index is 2.24. The number of hydrogen-bond donors (Lipinski definition) is 0. The van der Waals surface area contributed by atoms with Crippen molar-refractivity contribution in [3.8, 4) is 0 Å². The summed E-state index contributed by atoms with van der Waals surface area (Å²) in [5, 5.41) is 0. The van der Waals surface area contributed by atoms with Gasteiger partial charge in [0.2, 0.25) is 0 Å². The Hall–Kier alpha value is 1.60. The van der Waals surface area contributed by atoms with E-state index in [1.54, 1.807) is 0 Å². The molecule has 0 bridgehead atoms. The molecule has 0 aromatic rings. The Labute approximate surface area is 87.9 Å². The monoisotopic (exact) mass is 123 g/mol. The van der Waals surface area contributed by atoms with Crippen molar-refractivity contribution in [1.29, 1.82) is 0 Å². The fourth-order valence-corrected chi connectivity index (χ4v) is 0.744. The Morgan fingerprint density at radius 2 is 2.29 bits per heavy atom. The van der Waals surface area contributed by atoms with E-state index in [0.29, 0.717) is 0 Å². The Morgan fingerprint density at radius 3 is 2.43 bits per heavy atom.